The summed E-state index contributed by atoms with van der Waals surface area (Å²) < 4.78 is 0. The van der Waals surface area contributed by atoms with Gasteiger partial charge in [-0.25, -0.2) is 4.79 Å². The highest BCUT2D eigenvalue weighted by Crippen LogP contribution is 2.21. The van der Waals surface area contributed by atoms with Crippen LogP contribution >= 0.6 is 0 Å². The summed E-state index contributed by atoms with van der Waals surface area (Å²) in [5.41, 5.74) is 1.87. The average molecular weight is 353 g/mol. The third-order valence-corrected chi connectivity index (χ3v) is 4.31. The lowest BCUT2D eigenvalue weighted by Crippen LogP contribution is -2.42. The number of aliphatic carboxylic acids is 1. The van der Waals surface area contributed by atoms with Crippen molar-refractivity contribution < 1.29 is 19.5 Å². The molecule has 2 amide bonds. The monoisotopic (exact) mass is 353 g/mol. The Balaban J connectivity index is 1.67. The number of nitrogens with zero attached hydrogens (tertiary/aromatic N) is 2. The Labute approximate surface area is 150 Å². The first kappa shape index (κ1) is 17.6. The zero-order chi connectivity index (χ0) is 18.5. The van der Waals surface area contributed by atoms with Crippen LogP contribution in [0.25, 0.3) is 0 Å². The maximum absolute atomic E-state index is 12.4. The summed E-state index contributed by atoms with van der Waals surface area (Å²) in [6.45, 7) is 0.678. The molecule has 2 N–H and O–H groups in total. The van der Waals surface area contributed by atoms with E-state index in [4.69, 9.17) is 0 Å². The first-order chi connectivity index (χ1) is 12.5. The Hall–Kier alpha value is -3.22. The normalized spacial score (nSPS) is 14.9. The van der Waals surface area contributed by atoms with Gasteiger partial charge >= 0.3 is 5.97 Å². The van der Waals surface area contributed by atoms with Crippen LogP contribution in [-0.4, -0.2) is 40.5 Å². The molecule has 134 valence electrons. The largest absolute Gasteiger partial charge is 0.480 e. The van der Waals surface area contributed by atoms with E-state index in [9.17, 15) is 19.5 Å². The van der Waals surface area contributed by atoms with Gasteiger partial charge in [-0.05, 0) is 48.4 Å². The number of anilines is 1. The molecule has 7 nitrogen and oxygen atoms in total. The fourth-order valence-electron chi connectivity index (χ4n) is 2.91. The van der Waals surface area contributed by atoms with E-state index in [1.807, 2.05) is 0 Å². The maximum Gasteiger partial charge on any atom is 0.326 e. The Kier molecular flexibility index (Phi) is 5.26. The van der Waals surface area contributed by atoms with Gasteiger partial charge in [0.1, 0.15) is 6.04 Å². The van der Waals surface area contributed by atoms with E-state index in [0.717, 1.165) is 17.7 Å². The first-order valence-electron chi connectivity index (χ1n) is 8.37. The first-order valence-corrected chi connectivity index (χ1v) is 8.37. The molecule has 0 aliphatic carbocycles. The maximum atomic E-state index is 12.4. The molecule has 3 rings (SSSR count). The van der Waals surface area contributed by atoms with Crippen LogP contribution in [0.1, 0.15) is 28.8 Å². The number of carboxylic acid groups (broad SMARTS) is 1. The van der Waals surface area contributed by atoms with Gasteiger partial charge in [-0.3, -0.25) is 14.6 Å². The highest BCUT2D eigenvalue weighted by Gasteiger charge is 2.23. The van der Waals surface area contributed by atoms with Gasteiger partial charge in [0.05, 0.1) is 0 Å². The molecule has 0 saturated carbocycles. The van der Waals surface area contributed by atoms with Crippen molar-refractivity contribution in [1.29, 1.82) is 0 Å². The van der Waals surface area contributed by atoms with E-state index >= 15 is 0 Å². The van der Waals surface area contributed by atoms with Crippen LogP contribution in [0.3, 0.4) is 0 Å². The predicted molar refractivity (Wildman–Crippen MR) is 94.9 cm³/mol. The van der Waals surface area contributed by atoms with Gasteiger partial charge in [0.25, 0.3) is 5.91 Å². The highest BCUT2D eigenvalue weighted by molar-refractivity contribution is 5.98. The zero-order valence-corrected chi connectivity index (χ0v) is 14.1. The van der Waals surface area contributed by atoms with Crippen LogP contribution in [0.15, 0.2) is 48.8 Å². The second-order valence-electron chi connectivity index (χ2n) is 6.12. The van der Waals surface area contributed by atoms with Crippen molar-refractivity contribution >= 4 is 23.5 Å². The molecule has 1 saturated heterocycles. The van der Waals surface area contributed by atoms with E-state index < -0.39 is 17.9 Å². The summed E-state index contributed by atoms with van der Waals surface area (Å²) in [5.74, 6) is -1.49. The van der Waals surface area contributed by atoms with Gasteiger partial charge in [0.15, 0.2) is 0 Å². The summed E-state index contributed by atoms with van der Waals surface area (Å²) in [6.07, 6.45) is 4.70. The van der Waals surface area contributed by atoms with Crippen molar-refractivity contribution in [2.75, 3.05) is 11.4 Å². The SMILES string of the molecule is O=C(NC(Cc1ccncc1)C(=O)O)c1ccc(N2CCCC2=O)cc1. The van der Waals surface area contributed by atoms with Crippen LogP contribution in [0, 0.1) is 0 Å². The van der Waals surface area contributed by atoms with E-state index in [1.165, 1.54) is 0 Å². The predicted octanol–water partition coefficient (Wildman–Crippen LogP) is 1.63. The zero-order valence-electron chi connectivity index (χ0n) is 14.1. The summed E-state index contributed by atoms with van der Waals surface area (Å²) in [5, 5.41) is 11.9. The minimum absolute atomic E-state index is 0.0745. The number of nitrogens with one attached hydrogen (secondary N) is 1. The third kappa shape index (κ3) is 4.05. The second-order valence-corrected chi connectivity index (χ2v) is 6.12. The highest BCUT2D eigenvalue weighted by atomic mass is 16.4. The number of aromatic nitrogens is 1. The molecule has 1 aromatic heterocycles. The van der Waals surface area contributed by atoms with Crippen molar-refractivity contribution in [3.05, 3.63) is 59.9 Å². The standard InChI is InChI=1S/C19H19N3O4/c23-17-2-1-11-22(17)15-5-3-14(4-6-15)18(24)21-16(19(25)26)12-13-7-9-20-10-8-13/h3-10,16H,1-2,11-12H2,(H,21,24)(H,25,26). The number of carbonyl (C=O) groups is 3. The number of pyridine rings is 1. The van der Waals surface area contributed by atoms with Crippen LogP contribution < -0.4 is 10.2 Å². The fourth-order valence-corrected chi connectivity index (χ4v) is 2.91. The molecule has 1 aliphatic heterocycles. The summed E-state index contributed by atoms with van der Waals surface area (Å²) in [6, 6.07) is 9.00. The molecule has 0 spiro atoms. The third-order valence-electron chi connectivity index (χ3n) is 4.31. The molecule has 1 atom stereocenters. The lowest BCUT2D eigenvalue weighted by molar-refractivity contribution is -0.139. The molecule has 1 aromatic carbocycles. The van der Waals surface area contributed by atoms with E-state index in [2.05, 4.69) is 10.3 Å². The fraction of sp³-hybridized carbons (Fsp3) is 0.263. The van der Waals surface area contributed by atoms with Gasteiger partial charge < -0.3 is 15.3 Å². The minimum Gasteiger partial charge on any atom is -0.480 e. The van der Waals surface area contributed by atoms with Crippen LogP contribution in [-0.2, 0) is 16.0 Å². The molecule has 1 aliphatic rings. The quantitative estimate of drug-likeness (QED) is 0.822. The van der Waals surface area contributed by atoms with E-state index in [1.54, 1.807) is 53.7 Å². The number of hydrogen-bond donors (Lipinski definition) is 2. The van der Waals surface area contributed by atoms with Crippen molar-refractivity contribution in [2.24, 2.45) is 0 Å². The smallest absolute Gasteiger partial charge is 0.326 e. The van der Waals surface area contributed by atoms with Gasteiger partial charge in [-0.2, -0.15) is 0 Å². The Morgan fingerprint density at radius 2 is 1.85 bits per heavy atom. The topological polar surface area (TPSA) is 99.6 Å². The van der Waals surface area contributed by atoms with Crippen LogP contribution in [0.5, 0.6) is 0 Å². The lowest BCUT2D eigenvalue weighted by atomic mass is 10.1. The average Bonchev–Trinajstić information content (AvgIpc) is 3.08. The Bertz CT molecular complexity index is 805. The molecule has 7 heteroatoms. The van der Waals surface area contributed by atoms with E-state index in [-0.39, 0.29) is 12.3 Å². The molecular formula is C19H19N3O4. The summed E-state index contributed by atoms with van der Waals surface area (Å²) >= 11 is 0. The molecule has 0 radical (unpaired) electrons. The summed E-state index contributed by atoms with van der Waals surface area (Å²) in [4.78, 5) is 41.2. The van der Waals surface area contributed by atoms with Crippen molar-refractivity contribution in [2.45, 2.75) is 25.3 Å². The Morgan fingerprint density at radius 1 is 1.15 bits per heavy atom. The minimum atomic E-state index is -1.10. The van der Waals surface area contributed by atoms with Gasteiger partial charge in [0.2, 0.25) is 5.91 Å². The number of rotatable bonds is 6. The van der Waals surface area contributed by atoms with Crippen molar-refractivity contribution in [3.63, 3.8) is 0 Å². The van der Waals surface area contributed by atoms with Crippen LogP contribution in [0.2, 0.25) is 0 Å². The molecule has 2 aromatic rings. The molecular weight excluding hydrogens is 334 g/mol. The number of carboxylic acids is 1. The second kappa shape index (κ2) is 7.77. The van der Waals surface area contributed by atoms with Crippen molar-refractivity contribution in [1.82, 2.24) is 10.3 Å². The van der Waals surface area contributed by atoms with Crippen molar-refractivity contribution in [3.8, 4) is 0 Å². The molecule has 26 heavy (non-hydrogen) atoms. The Morgan fingerprint density at radius 3 is 2.42 bits per heavy atom. The molecule has 1 fully saturated rings. The van der Waals surface area contributed by atoms with Gasteiger partial charge in [0, 0.05) is 43.0 Å². The number of amides is 2. The number of benzene rings is 1. The lowest BCUT2D eigenvalue weighted by Gasteiger charge is -2.17. The van der Waals surface area contributed by atoms with E-state index in [0.29, 0.717) is 18.5 Å². The molecule has 0 bridgehead atoms. The molecule has 1 unspecified atom stereocenters. The number of carbonyl (C=O) groups excluding carboxylic acids is 2. The summed E-state index contributed by atoms with van der Waals surface area (Å²) in [7, 11) is 0. The van der Waals surface area contributed by atoms with Gasteiger partial charge in [-0.1, -0.05) is 0 Å². The molecule has 2 heterocycles. The number of hydrogen-bond acceptors (Lipinski definition) is 4. The van der Waals surface area contributed by atoms with Gasteiger partial charge in [-0.15, -0.1) is 0 Å². The van der Waals surface area contributed by atoms with Crippen LogP contribution in [0.4, 0.5) is 5.69 Å².